The topological polar surface area (TPSA) is 38.0 Å². The molecule has 0 bridgehead atoms. The smallest absolute Gasteiger partial charge is 0.129 e. The molecule has 0 radical (unpaired) electrons. The van der Waals surface area contributed by atoms with Crippen molar-refractivity contribution in [1.82, 2.24) is 0 Å². The van der Waals surface area contributed by atoms with Gasteiger partial charge >= 0.3 is 0 Å². The van der Waals surface area contributed by atoms with E-state index in [1.807, 2.05) is 0 Å². The van der Waals surface area contributed by atoms with Crippen LogP contribution in [0.15, 0.2) is 42.5 Å². The van der Waals surface area contributed by atoms with Crippen LogP contribution in [0.1, 0.15) is 5.56 Å². The molecule has 2 nitrogen and oxygen atoms in total. The first-order valence-electron chi connectivity index (χ1n) is 5.21. The predicted octanol–water partition coefficient (Wildman–Crippen LogP) is 3.17. The third-order valence-corrected chi connectivity index (χ3v) is 2.43. The second-order valence-corrected chi connectivity index (χ2v) is 3.61. The fraction of sp³-hybridized carbons (Fsp3) is 0.0769. The van der Waals surface area contributed by atoms with Crippen LogP contribution in [-0.4, -0.2) is 0 Å². The highest BCUT2D eigenvalue weighted by molar-refractivity contribution is 5.63. The van der Waals surface area contributed by atoms with E-state index in [9.17, 15) is 8.78 Å². The van der Waals surface area contributed by atoms with E-state index < -0.39 is 0 Å². The van der Waals surface area contributed by atoms with Gasteiger partial charge in [0, 0.05) is 23.5 Å². The second-order valence-electron chi connectivity index (χ2n) is 3.61. The van der Waals surface area contributed by atoms with Crippen LogP contribution >= 0.6 is 0 Å². The van der Waals surface area contributed by atoms with E-state index in [-0.39, 0.29) is 18.2 Å². The van der Waals surface area contributed by atoms with Gasteiger partial charge in [0.15, 0.2) is 0 Å². The van der Waals surface area contributed by atoms with Gasteiger partial charge < -0.3 is 11.1 Å². The Morgan fingerprint density at radius 1 is 1.06 bits per heavy atom. The number of anilines is 2. The maximum Gasteiger partial charge on any atom is 0.129 e. The molecule has 4 heteroatoms. The summed E-state index contributed by atoms with van der Waals surface area (Å²) in [6, 6.07) is 10.6. The summed E-state index contributed by atoms with van der Waals surface area (Å²) in [5.41, 5.74) is 6.98. The van der Waals surface area contributed by atoms with Crippen molar-refractivity contribution >= 4 is 11.4 Å². The lowest BCUT2D eigenvalue weighted by atomic mass is 10.1. The number of hydrogen-bond donors (Lipinski definition) is 2. The van der Waals surface area contributed by atoms with Gasteiger partial charge in [0.05, 0.1) is 0 Å². The molecule has 17 heavy (non-hydrogen) atoms. The number of benzene rings is 2. The van der Waals surface area contributed by atoms with E-state index in [4.69, 9.17) is 5.73 Å². The molecule has 0 spiro atoms. The Morgan fingerprint density at radius 3 is 2.53 bits per heavy atom. The fourth-order valence-corrected chi connectivity index (χ4v) is 1.60. The van der Waals surface area contributed by atoms with Crippen LogP contribution in [0.4, 0.5) is 20.2 Å². The number of rotatable bonds is 3. The largest absolute Gasteiger partial charge is 0.355 e. The fourth-order valence-electron chi connectivity index (χ4n) is 1.60. The Morgan fingerprint density at radius 2 is 1.82 bits per heavy atom. The lowest BCUT2D eigenvalue weighted by molar-refractivity contribution is 0.611. The molecule has 0 fully saturated rings. The van der Waals surface area contributed by atoms with Gasteiger partial charge in [0.25, 0.3) is 0 Å². The van der Waals surface area contributed by atoms with E-state index in [1.165, 1.54) is 18.2 Å². The zero-order chi connectivity index (χ0) is 12.3. The summed E-state index contributed by atoms with van der Waals surface area (Å²) in [5.74, 6) is -0.713. The van der Waals surface area contributed by atoms with Crippen LogP contribution in [0.5, 0.6) is 0 Å². The zero-order valence-corrected chi connectivity index (χ0v) is 9.08. The quantitative estimate of drug-likeness (QED) is 0.856. The molecule has 0 aliphatic carbocycles. The van der Waals surface area contributed by atoms with Gasteiger partial charge in [0.2, 0.25) is 0 Å². The van der Waals surface area contributed by atoms with Crippen LogP contribution in [0.2, 0.25) is 0 Å². The first kappa shape index (κ1) is 11.5. The molecule has 0 aliphatic heterocycles. The van der Waals surface area contributed by atoms with Crippen molar-refractivity contribution in [2.45, 2.75) is 6.54 Å². The maximum absolute atomic E-state index is 13.4. The van der Waals surface area contributed by atoms with Gasteiger partial charge in [-0.05, 0) is 30.3 Å². The van der Waals surface area contributed by atoms with E-state index in [0.29, 0.717) is 16.9 Å². The number of hydrogen-bond acceptors (Lipinski definition) is 2. The molecule has 0 heterocycles. The molecule has 2 aromatic carbocycles. The van der Waals surface area contributed by atoms with Crippen LogP contribution in [-0.2, 0) is 6.54 Å². The number of halogens is 2. The molecule has 0 saturated carbocycles. The second kappa shape index (κ2) is 4.93. The standard InChI is InChI=1S/C13H12F2N2/c14-9-3-1-4-10(7-9)17-13-6-2-5-12(15)11(13)8-16/h1-7,17H,8,16H2. The van der Waals surface area contributed by atoms with Crippen LogP contribution in [0, 0.1) is 11.6 Å². The molecule has 0 atom stereocenters. The van der Waals surface area contributed by atoms with Crippen molar-refractivity contribution in [3.63, 3.8) is 0 Å². The predicted molar refractivity (Wildman–Crippen MR) is 64.0 cm³/mol. The molecule has 2 aromatic rings. The molecular formula is C13H12F2N2. The highest BCUT2D eigenvalue weighted by atomic mass is 19.1. The summed E-state index contributed by atoms with van der Waals surface area (Å²) in [6.45, 7) is 0.0876. The van der Waals surface area contributed by atoms with Gasteiger partial charge in [0.1, 0.15) is 11.6 Å². The summed E-state index contributed by atoms with van der Waals surface area (Å²) in [4.78, 5) is 0. The van der Waals surface area contributed by atoms with Crippen LogP contribution in [0.25, 0.3) is 0 Å². The van der Waals surface area contributed by atoms with Crippen LogP contribution < -0.4 is 11.1 Å². The van der Waals surface area contributed by atoms with Gasteiger partial charge in [-0.3, -0.25) is 0 Å². The number of nitrogens with one attached hydrogen (secondary N) is 1. The average molecular weight is 234 g/mol. The summed E-state index contributed by atoms with van der Waals surface area (Å²) in [6.07, 6.45) is 0. The van der Waals surface area contributed by atoms with Crippen molar-refractivity contribution in [3.05, 3.63) is 59.7 Å². The Kier molecular flexibility index (Phi) is 3.35. The highest BCUT2D eigenvalue weighted by Crippen LogP contribution is 2.23. The van der Waals surface area contributed by atoms with E-state index >= 15 is 0 Å². The van der Waals surface area contributed by atoms with Gasteiger partial charge in [-0.15, -0.1) is 0 Å². The summed E-state index contributed by atoms with van der Waals surface area (Å²) >= 11 is 0. The Labute approximate surface area is 98.1 Å². The SMILES string of the molecule is NCc1c(F)cccc1Nc1cccc(F)c1. The number of nitrogens with two attached hydrogens (primary N) is 1. The first-order valence-corrected chi connectivity index (χ1v) is 5.21. The minimum Gasteiger partial charge on any atom is -0.355 e. The van der Waals surface area contributed by atoms with Gasteiger partial charge in [-0.2, -0.15) is 0 Å². The lowest BCUT2D eigenvalue weighted by Crippen LogP contribution is -2.04. The minimum atomic E-state index is -0.367. The molecule has 0 amide bonds. The molecule has 0 aromatic heterocycles. The first-order chi connectivity index (χ1) is 8.20. The third kappa shape index (κ3) is 2.60. The third-order valence-electron chi connectivity index (χ3n) is 2.43. The molecule has 88 valence electrons. The summed E-state index contributed by atoms with van der Waals surface area (Å²) in [5, 5.41) is 2.95. The van der Waals surface area contributed by atoms with Crippen LogP contribution in [0.3, 0.4) is 0 Å². The van der Waals surface area contributed by atoms with E-state index in [0.717, 1.165) is 0 Å². The Bertz CT molecular complexity index is 527. The van der Waals surface area contributed by atoms with E-state index in [2.05, 4.69) is 5.32 Å². The monoisotopic (exact) mass is 234 g/mol. The molecule has 0 saturated heterocycles. The van der Waals surface area contributed by atoms with Crippen molar-refractivity contribution in [2.75, 3.05) is 5.32 Å². The van der Waals surface area contributed by atoms with Gasteiger partial charge in [-0.1, -0.05) is 12.1 Å². The Balaban J connectivity index is 2.33. The van der Waals surface area contributed by atoms with Gasteiger partial charge in [-0.25, -0.2) is 8.78 Å². The van der Waals surface area contributed by atoms with Crippen molar-refractivity contribution in [3.8, 4) is 0 Å². The molecule has 3 N–H and O–H groups in total. The summed E-state index contributed by atoms with van der Waals surface area (Å²) in [7, 11) is 0. The Hall–Kier alpha value is -1.94. The summed E-state index contributed by atoms with van der Waals surface area (Å²) < 4.78 is 26.4. The van der Waals surface area contributed by atoms with Crippen molar-refractivity contribution in [2.24, 2.45) is 5.73 Å². The average Bonchev–Trinajstić information content (AvgIpc) is 2.29. The maximum atomic E-state index is 13.4. The molecule has 0 aliphatic rings. The highest BCUT2D eigenvalue weighted by Gasteiger charge is 2.06. The zero-order valence-electron chi connectivity index (χ0n) is 9.08. The lowest BCUT2D eigenvalue weighted by Gasteiger charge is -2.11. The van der Waals surface area contributed by atoms with E-state index in [1.54, 1.807) is 24.3 Å². The normalized spacial score (nSPS) is 10.3. The molecule has 0 unspecified atom stereocenters. The molecule has 2 rings (SSSR count). The van der Waals surface area contributed by atoms with Crippen molar-refractivity contribution in [1.29, 1.82) is 0 Å². The molecular weight excluding hydrogens is 222 g/mol. The minimum absolute atomic E-state index is 0.0876. The van der Waals surface area contributed by atoms with Crippen molar-refractivity contribution < 1.29 is 8.78 Å².